The molecule has 0 fully saturated rings. The number of rotatable bonds is 2. The van der Waals surface area contributed by atoms with E-state index in [0.717, 1.165) is 5.52 Å². The highest BCUT2D eigenvalue weighted by Crippen LogP contribution is 2.17. The van der Waals surface area contributed by atoms with Crippen molar-refractivity contribution in [1.82, 2.24) is 4.98 Å². The third-order valence-electron chi connectivity index (χ3n) is 1.76. The topological polar surface area (TPSA) is 75.4 Å². The molecule has 1 amide bonds. The molecule has 72 valence electrons. The molecule has 2 aromatic rings. The number of benzene rings is 1. The van der Waals surface area contributed by atoms with E-state index < -0.39 is 12.5 Å². The minimum atomic E-state index is -0.533. The average molecular weight is 192 g/mol. The van der Waals surface area contributed by atoms with Gasteiger partial charge in [0.25, 0.3) is 0 Å². The Labute approximate surface area is 79.4 Å². The van der Waals surface area contributed by atoms with Crippen molar-refractivity contribution in [2.24, 2.45) is 0 Å². The number of aliphatic hydroxyl groups excluding tert-OH is 1. The third kappa shape index (κ3) is 1.57. The second kappa shape index (κ2) is 3.47. The van der Waals surface area contributed by atoms with Gasteiger partial charge >= 0.3 is 0 Å². The molecule has 5 nitrogen and oxygen atoms in total. The number of nitrogens with zero attached hydrogens (tertiary/aromatic N) is 1. The van der Waals surface area contributed by atoms with Crippen LogP contribution in [0.5, 0.6) is 0 Å². The summed E-state index contributed by atoms with van der Waals surface area (Å²) in [5.74, 6) is -0.455. The van der Waals surface area contributed by atoms with Gasteiger partial charge in [0.15, 0.2) is 12.0 Å². The third-order valence-corrected chi connectivity index (χ3v) is 1.76. The zero-order chi connectivity index (χ0) is 9.97. The maximum Gasteiger partial charge on any atom is 0.250 e. The minimum absolute atomic E-state index is 0.455. The van der Waals surface area contributed by atoms with Crippen LogP contribution in [-0.4, -0.2) is 22.6 Å². The van der Waals surface area contributed by atoms with Gasteiger partial charge in [-0.25, -0.2) is 4.98 Å². The van der Waals surface area contributed by atoms with Gasteiger partial charge in [0.05, 0.1) is 0 Å². The van der Waals surface area contributed by atoms with Crippen LogP contribution in [0.4, 0.5) is 5.69 Å². The fourth-order valence-corrected chi connectivity index (χ4v) is 1.13. The summed E-state index contributed by atoms with van der Waals surface area (Å²) in [5.41, 5.74) is 1.90. The van der Waals surface area contributed by atoms with E-state index in [9.17, 15) is 4.79 Å². The Bertz CT molecular complexity index is 464. The highest BCUT2D eigenvalue weighted by molar-refractivity contribution is 5.93. The molecule has 0 saturated heterocycles. The van der Waals surface area contributed by atoms with E-state index in [4.69, 9.17) is 9.52 Å². The summed E-state index contributed by atoms with van der Waals surface area (Å²) < 4.78 is 5.05. The zero-order valence-corrected chi connectivity index (χ0v) is 7.23. The van der Waals surface area contributed by atoms with Crippen LogP contribution in [0.3, 0.4) is 0 Å². The summed E-state index contributed by atoms with van der Waals surface area (Å²) in [6.07, 6.45) is 1.34. The maximum absolute atomic E-state index is 10.8. The molecule has 0 aliphatic rings. The molecular formula is C9H8N2O3. The largest absolute Gasteiger partial charge is 0.443 e. The Morgan fingerprint density at radius 3 is 3.21 bits per heavy atom. The predicted octanol–water partition coefficient (Wildman–Crippen LogP) is 0.759. The molecule has 5 heteroatoms. The average Bonchev–Trinajstić information content (AvgIpc) is 2.64. The normalized spacial score (nSPS) is 10.4. The fraction of sp³-hybridized carbons (Fsp3) is 0.111. The molecule has 1 aromatic carbocycles. The molecule has 1 heterocycles. The van der Waals surface area contributed by atoms with Crippen molar-refractivity contribution in [2.75, 3.05) is 11.9 Å². The Morgan fingerprint density at radius 1 is 1.57 bits per heavy atom. The lowest BCUT2D eigenvalue weighted by Crippen LogP contribution is -2.15. The molecule has 0 atom stereocenters. The molecule has 2 rings (SSSR count). The summed E-state index contributed by atoms with van der Waals surface area (Å²) in [4.78, 5) is 14.8. The van der Waals surface area contributed by atoms with Gasteiger partial charge in [-0.1, -0.05) is 0 Å². The van der Waals surface area contributed by atoms with Gasteiger partial charge in [0, 0.05) is 11.8 Å². The number of carbonyl (C=O) groups is 1. The molecule has 0 radical (unpaired) electrons. The number of hydrogen-bond acceptors (Lipinski definition) is 4. The number of aromatic nitrogens is 1. The first-order chi connectivity index (χ1) is 6.79. The van der Waals surface area contributed by atoms with Crippen LogP contribution < -0.4 is 5.32 Å². The van der Waals surface area contributed by atoms with Gasteiger partial charge in [-0.3, -0.25) is 4.79 Å². The van der Waals surface area contributed by atoms with Crippen LogP contribution in [0.1, 0.15) is 0 Å². The second-order valence-electron chi connectivity index (χ2n) is 2.74. The summed E-state index contributed by atoms with van der Waals surface area (Å²) in [6.45, 7) is -0.533. The van der Waals surface area contributed by atoms with Gasteiger partial charge in [-0.15, -0.1) is 0 Å². The van der Waals surface area contributed by atoms with E-state index >= 15 is 0 Å². The minimum Gasteiger partial charge on any atom is -0.443 e. The van der Waals surface area contributed by atoms with Gasteiger partial charge < -0.3 is 14.8 Å². The monoisotopic (exact) mass is 192 g/mol. The Kier molecular flexibility index (Phi) is 2.16. The number of fused-ring (bicyclic) bond motifs is 1. The molecule has 0 aliphatic heterocycles. The predicted molar refractivity (Wildman–Crippen MR) is 49.7 cm³/mol. The lowest BCUT2D eigenvalue weighted by atomic mass is 10.3. The van der Waals surface area contributed by atoms with Crippen LogP contribution in [0.15, 0.2) is 29.0 Å². The Balaban J connectivity index is 2.30. The molecule has 1 aromatic heterocycles. The highest BCUT2D eigenvalue weighted by atomic mass is 16.3. The standard InChI is InChI=1S/C9H8N2O3/c12-4-9(13)11-6-1-2-7-8(3-6)14-5-10-7/h1-3,5,12H,4H2,(H,11,13). The quantitative estimate of drug-likeness (QED) is 0.736. The van der Waals surface area contributed by atoms with Crippen LogP contribution in [0.25, 0.3) is 11.1 Å². The van der Waals surface area contributed by atoms with Gasteiger partial charge in [0.1, 0.15) is 12.1 Å². The van der Waals surface area contributed by atoms with Gasteiger partial charge in [-0.2, -0.15) is 0 Å². The Morgan fingerprint density at radius 2 is 2.43 bits per heavy atom. The number of nitrogens with one attached hydrogen (secondary N) is 1. The smallest absolute Gasteiger partial charge is 0.250 e. The van der Waals surface area contributed by atoms with Crippen LogP contribution in [0, 0.1) is 0 Å². The van der Waals surface area contributed by atoms with Crippen molar-refractivity contribution in [3.63, 3.8) is 0 Å². The van der Waals surface area contributed by atoms with E-state index in [0.29, 0.717) is 11.3 Å². The van der Waals surface area contributed by atoms with E-state index in [1.165, 1.54) is 6.39 Å². The molecular weight excluding hydrogens is 184 g/mol. The summed E-state index contributed by atoms with van der Waals surface area (Å²) in [5, 5.41) is 11.0. The van der Waals surface area contributed by atoms with Crippen molar-refractivity contribution >= 4 is 22.7 Å². The molecule has 0 aliphatic carbocycles. The van der Waals surface area contributed by atoms with Crippen molar-refractivity contribution in [2.45, 2.75) is 0 Å². The molecule has 2 N–H and O–H groups in total. The van der Waals surface area contributed by atoms with Crippen LogP contribution >= 0.6 is 0 Å². The second-order valence-corrected chi connectivity index (χ2v) is 2.74. The zero-order valence-electron chi connectivity index (χ0n) is 7.23. The number of aliphatic hydroxyl groups is 1. The number of carbonyl (C=O) groups excluding carboxylic acids is 1. The van der Waals surface area contributed by atoms with Crippen molar-refractivity contribution in [3.8, 4) is 0 Å². The SMILES string of the molecule is O=C(CO)Nc1ccc2ncoc2c1. The van der Waals surface area contributed by atoms with Crippen LogP contribution in [-0.2, 0) is 4.79 Å². The number of hydrogen-bond donors (Lipinski definition) is 2. The van der Waals surface area contributed by atoms with Crippen molar-refractivity contribution in [3.05, 3.63) is 24.6 Å². The first kappa shape index (κ1) is 8.71. The van der Waals surface area contributed by atoms with E-state index in [-0.39, 0.29) is 0 Å². The lowest BCUT2D eigenvalue weighted by molar-refractivity contribution is -0.118. The van der Waals surface area contributed by atoms with Gasteiger partial charge in [0.2, 0.25) is 5.91 Å². The first-order valence-electron chi connectivity index (χ1n) is 4.03. The Hall–Kier alpha value is -1.88. The first-order valence-corrected chi connectivity index (χ1v) is 4.03. The van der Waals surface area contributed by atoms with E-state index in [1.54, 1.807) is 18.2 Å². The summed E-state index contributed by atoms with van der Waals surface area (Å²) >= 11 is 0. The van der Waals surface area contributed by atoms with Crippen molar-refractivity contribution < 1.29 is 14.3 Å². The summed E-state index contributed by atoms with van der Waals surface area (Å²) in [6, 6.07) is 5.07. The number of amides is 1. The van der Waals surface area contributed by atoms with Gasteiger partial charge in [-0.05, 0) is 12.1 Å². The number of anilines is 1. The van der Waals surface area contributed by atoms with Crippen LogP contribution in [0.2, 0.25) is 0 Å². The van der Waals surface area contributed by atoms with Crippen molar-refractivity contribution in [1.29, 1.82) is 0 Å². The summed E-state index contributed by atoms with van der Waals surface area (Å²) in [7, 11) is 0. The molecule has 0 spiro atoms. The lowest BCUT2D eigenvalue weighted by Gasteiger charge is -2.01. The maximum atomic E-state index is 10.8. The fourth-order valence-electron chi connectivity index (χ4n) is 1.13. The molecule has 0 unspecified atom stereocenters. The van der Waals surface area contributed by atoms with E-state index in [2.05, 4.69) is 10.3 Å². The molecule has 0 saturated carbocycles. The highest BCUT2D eigenvalue weighted by Gasteiger charge is 2.02. The molecule has 14 heavy (non-hydrogen) atoms. The number of oxazole rings is 1. The molecule has 0 bridgehead atoms. The van der Waals surface area contributed by atoms with E-state index in [1.807, 2.05) is 0 Å².